The smallest absolute Gasteiger partial charge is 0.195 e. The second-order valence-corrected chi connectivity index (χ2v) is 5.56. The number of benzene rings is 2. The van der Waals surface area contributed by atoms with Gasteiger partial charge in [0.15, 0.2) is 0 Å². The second kappa shape index (κ2) is 6.94. The van der Waals surface area contributed by atoms with Gasteiger partial charge in [-0.05, 0) is 22.8 Å². The van der Waals surface area contributed by atoms with Crippen LogP contribution in [0.15, 0.2) is 66.7 Å². The van der Waals surface area contributed by atoms with E-state index in [2.05, 4.69) is 0 Å². The molecule has 0 atom stereocenters. The van der Waals surface area contributed by atoms with Crippen LogP contribution in [0.3, 0.4) is 0 Å². The van der Waals surface area contributed by atoms with Gasteiger partial charge in [0.05, 0.1) is 0 Å². The van der Waals surface area contributed by atoms with Crippen molar-refractivity contribution in [2.75, 3.05) is 0 Å². The number of halogens is 9. The Morgan fingerprint density at radius 3 is 1.26 bits per heavy atom. The SMILES string of the molecule is FC(F)(F)C(F)(F)C(F)(F)C(F)(F)C=C(c1ccccc1)c1ccccc1. The number of hydrogen-bond donors (Lipinski definition) is 0. The Morgan fingerprint density at radius 1 is 0.556 bits per heavy atom. The minimum atomic E-state index is -6.93. The van der Waals surface area contributed by atoms with Crippen molar-refractivity contribution in [3.05, 3.63) is 77.9 Å². The van der Waals surface area contributed by atoms with Crippen LogP contribution in [-0.2, 0) is 0 Å². The van der Waals surface area contributed by atoms with E-state index in [-0.39, 0.29) is 11.1 Å². The van der Waals surface area contributed by atoms with E-state index in [1.54, 1.807) is 0 Å². The van der Waals surface area contributed by atoms with E-state index in [0.29, 0.717) is 0 Å². The molecule has 2 aromatic carbocycles. The molecule has 2 rings (SSSR count). The minimum absolute atomic E-state index is 0.0606. The normalized spacial score (nSPS) is 13.4. The average Bonchev–Trinajstić information content (AvgIpc) is 2.60. The van der Waals surface area contributed by atoms with Gasteiger partial charge in [-0.25, -0.2) is 0 Å². The number of allylic oxidation sites excluding steroid dienone is 1. The van der Waals surface area contributed by atoms with Crippen LogP contribution in [0.1, 0.15) is 11.1 Å². The van der Waals surface area contributed by atoms with Crippen LogP contribution in [0, 0.1) is 0 Å². The van der Waals surface area contributed by atoms with Crippen LogP contribution in [0.2, 0.25) is 0 Å². The van der Waals surface area contributed by atoms with Gasteiger partial charge in [0.2, 0.25) is 0 Å². The fourth-order valence-electron chi connectivity index (χ4n) is 2.23. The summed E-state index contributed by atoms with van der Waals surface area (Å²) in [5.74, 6) is -19.4. The Balaban J connectivity index is 2.65. The molecule has 0 aliphatic carbocycles. The maximum absolute atomic E-state index is 14.0. The summed E-state index contributed by atoms with van der Waals surface area (Å²) in [5, 5.41) is 0. The summed E-state index contributed by atoms with van der Waals surface area (Å²) >= 11 is 0. The van der Waals surface area contributed by atoms with Crippen LogP contribution in [0.25, 0.3) is 5.57 Å². The lowest BCUT2D eigenvalue weighted by Gasteiger charge is -2.32. The molecule has 0 aromatic heterocycles. The molecule has 0 spiro atoms. The van der Waals surface area contributed by atoms with Gasteiger partial charge in [-0.1, -0.05) is 60.7 Å². The highest BCUT2D eigenvalue weighted by Crippen LogP contribution is 2.54. The van der Waals surface area contributed by atoms with Crippen molar-refractivity contribution >= 4 is 5.57 Å². The molecular formula is C18H11F9. The van der Waals surface area contributed by atoms with Gasteiger partial charge in [0, 0.05) is 0 Å². The van der Waals surface area contributed by atoms with Gasteiger partial charge in [-0.2, -0.15) is 39.5 Å². The summed E-state index contributed by atoms with van der Waals surface area (Å²) in [5.41, 5.74) is -0.733. The van der Waals surface area contributed by atoms with Crippen molar-refractivity contribution in [2.45, 2.75) is 23.9 Å². The molecule has 0 fully saturated rings. The zero-order valence-electron chi connectivity index (χ0n) is 13.3. The molecule has 0 radical (unpaired) electrons. The van der Waals surface area contributed by atoms with E-state index in [1.807, 2.05) is 0 Å². The van der Waals surface area contributed by atoms with Gasteiger partial charge >= 0.3 is 23.9 Å². The highest BCUT2D eigenvalue weighted by molar-refractivity contribution is 5.80. The third kappa shape index (κ3) is 3.81. The maximum Gasteiger partial charge on any atom is 0.460 e. The Kier molecular flexibility index (Phi) is 5.36. The molecule has 0 amide bonds. The summed E-state index contributed by atoms with van der Waals surface area (Å²) in [6.07, 6.45) is -7.41. The molecule has 2 aromatic rings. The highest BCUT2D eigenvalue weighted by atomic mass is 19.4. The van der Waals surface area contributed by atoms with E-state index in [4.69, 9.17) is 0 Å². The summed E-state index contributed by atoms with van der Waals surface area (Å²) < 4.78 is 118. The Labute approximate surface area is 147 Å². The van der Waals surface area contributed by atoms with E-state index in [0.717, 1.165) is 0 Å². The van der Waals surface area contributed by atoms with Gasteiger partial charge < -0.3 is 0 Å². The first-order chi connectivity index (χ1) is 12.3. The van der Waals surface area contributed by atoms with E-state index in [1.165, 1.54) is 60.7 Å². The third-order valence-electron chi connectivity index (χ3n) is 3.66. The lowest BCUT2D eigenvalue weighted by Crippen LogP contribution is -2.60. The van der Waals surface area contributed by atoms with Crippen molar-refractivity contribution in [2.24, 2.45) is 0 Å². The standard InChI is InChI=1S/C18H11F9/c19-15(20,16(21,22)17(23,24)18(25,26)27)11-14(12-7-3-1-4-8-12)13-9-5-2-6-10-13/h1-11H. The zero-order valence-corrected chi connectivity index (χ0v) is 13.3. The predicted molar refractivity (Wildman–Crippen MR) is 80.9 cm³/mol. The van der Waals surface area contributed by atoms with Crippen LogP contribution in [-0.4, -0.2) is 23.9 Å². The van der Waals surface area contributed by atoms with E-state index < -0.39 is 35.6 Å². The van der Waals surface area contributed by atoms with Crippen LogP contribution >= 0.6 is 0 Å². The fraction of sp³-hybridized carbons (Fsp3) is 0.222. The van der Waals surface area contributed by atoms with Gasteiger partial charge in [0.25, 0.3) is 0 Å². The van der Waals surface area contributed by atoms with Crippen molar-refractivity contribution in [3.63, 3.8) is 0 Å². The number of rotatable bonds is 5. The van der Waals surface area contributed by atoms with Crippen LogP contribution < -0.4 is 0 Å². The van der Waals surface area contributed by atoms with E-state index in [9.17, 15) is 39.5 Å². The van der Waals surface area contributed by atoms with Crippen molar-refractivity contribution in [3.8, 4) is 0 Å². The molecular weight excluding hydrogens is 387 g/mol. The lowest BCUT2D eigenvalue weighted by molar-refractivity contribution is -0.388. The molecule has 0 saturated carbocycles. The van der Waals surface area contributed by atoms with Crippen LogP contribution in [0.5, 0.6) is 0 Å². The first kappa shape index (κ1) is 20.9. The minimum Gasteiger partial charge on any atom is -0.195 e. The second-order valence-electron chi connectivity index (χ2n) is 5.56. The molecule has 0 unspecified atom stereocenters. The first-order valence-electron chi connectivity index (χ1n) is 7.35. The molecule has 0 nitrogen and oxygen atoms in total. The van der Waals surface area contributed by atoms with Crippen molar-refractivity contribution < 1.29 is 39.5 Å². The number of hydrogen-bond acceptors (Lipinski definition) is 0. The maximum atomic E-state index is 14.0. The van der Waals surface area contributed by atoms with E-state index >= 15 is 0 Å². The topological polar surface area (TPSA) is 0 Å². The van der Waals surface area contributed by atoms with Crippen molar-refractivity contribution in [1.29, 1.82) is 0 Å². The van der Waals surface area contributed by atoms with Gasteiger partial charge in [-0.15, -0.1) is 0 Å². The molecule has 0 aliphatic rings. The molecule has 146 valence electrons. The molecule has 27 heavy (non-hydrogen) atoms. The van der Waals surface area contributed by atoms with Gasteiger partial charge in [0.1, 0.15) is 0 Å². The summed E-state index contributed by atoms with van der Waals surface area (Å²) in [7, 11) is 0. The predicted octanol–water partition coefficient (Wildman–Crippen LogP) is 6.59. The van der Waals surface area contributed by atoms with Gasteiger partial charge in [-0.3, -0.25) is 0 Å². The molecule has 0 aliphatic heterocycles. The summed E-state index contributed by atoms with van der Waals surface area (Å²) in [6, 6.07) is 13.4. The summed E-state index contributed by atoms with van der Waals surface area (Å²) in [6.45, 7) is 0. The Morgan fingerprint density at radius 2 is 0.926 bits per heavy atom. The third-order valence-corrected chi connectivity index (χ3v) is 3.66. The quantitative estimate of drug-likeness (QED) is 0.499. The van der Waals surface area contributed by atoms with Crippen LogP contribution in [0.4, 0.5) is 39.5 Å². The molecule has 0 bridgehead atoms. The number of alkyl halides is 9. The highest BCUT2D eigenvalue weighted by Gasteiger charge is 2.81. The Bertz CT molecular complexity index is 749. The summed E-state index contributed by atoms with van der Waals surface area (Å²) in [4.78, 5) is 0. The Hall–Kier alpha value is -2.45. The first-order valence-corrected chi connectivity index (χ1v) is 7.35. The molecule has 0 heterocycles. The zero-order chi connectivity index (χ0) is 20.5. The molecule has 0 saturated heterocycles. The monoisotopic (exact) mass is 398 g/mol. The molecule has 0 N–H and O–H groups in total. The van der Waals surface area contributed by atoms with Crippen molar-refractivity contribution in [1.82, 2.24) is 0 Å². The fourth-order valence-corrected chi connectivity index (χ4v) is 2.23. The molecule has 9 heteroatoms. The average molecular weight is 398 g/mol. The lowest BCUT2D eigenvalue weighted by atomic mass is 9.93. The largest absolute Gasteiger partial charge is 0.460 e.